The van der Waals surface area contributed by atoms with Gasteiger partial charge in [-0.3, -0.25) is 0 Å². The molecule has 0 bridgehead atoms. The van der Waals surface area contributed by atoms with E-state index >= 15 is 0 Å². The molecule has 4 aliphatic carbocycles. The Balaban J connectivity index is 1.50. The quantitative estimate of drug-likeness (QED) is 0.498. The molecule has 180 valence electrons. The van der Waals surface area contributed by atoms with Gasteiger partial charge >= 0.3 is 0 Å². The smallest absolute Gasteiger partial charge is 0.0580 e. The van der Waals surface area contributed by atoms with Gasteiger partial charge in [0.2, 0.25) is 0 Å². The third kappa shape index (κ3) is 4.02. The molecule has 31 heavy (non-hydrogen) atoms. The Morgan fingerprint density at radius 3 is 2.29 bits per heavy atom. The topological polar surface area (TPSA) is 80.9 Å². The first kappa shape index (κ1) is 24.0. The van der Waals surface area contributed by atoms with E-state index in [9.17, 15) is 20.4 Å². The van der Waals surface area contributed by atoms with Crippen molar-refractivity contribution in [3.63, 3.8) is 0 Å². The van der Waals surface area contributed by atoms with Gasteiger partial charge in [-0.05, 0) is 116 Å². The van der Waals surface area contributed by atoms with Gasteiger partial charge in [-0.25, -0.2) is 0 Å². The lowest BCUT2D eigenvalue weighted by Gasteiger charge is -2.61. The molecule has 0 aromatic rings. The second-order valence-electron chi connectivity index (χ2n) is 12.8. The van der Waals surface area contributed by atoms with Crippen LogP contribution in [0.25, 0.3) is 0 Å². The molecule has 0 aromatic heterocycles. The van der Waals surface area contributed by atoms with E-state index in [2.05, 4.69) is 20.8 Å². The molecule has 4 rings (SSSR count). The van der Waals surface area contributed by atoms with Gasteiger partial charge in [0.15, 0.2) is 0 Å². The predicted octanol–water partition coefficient (Wildman–Crippen LogP) is 4.38. The van der Waals surface area contributed by atoms with Gasteiger partial charge in [0.25, 0.3) is 0 Å². The number of fused-ring (bicyclic) bond motifs is 5. The summed E-state index contributed by atoms with van der Waals surface area (Å²) >= 11 is 0. The maximum Gasteiger partial charge on any atom is 0.0580 e. The van der Waals surface area contributed by atoms with E-state index in [0.29, 0.717) is 29.6 Å². The van der Waals surface area contributed by atoms with Gasteiger partial charge in [0.05, 0.1) is 18.3 Å². The van der Waals surface area contributed by atoms with Crippen LogP contribution < -0.4 is 0 Å². The molecule has 0 heterocycles. The number of aliphatic hydroxyl groups is 4. The third-order valence-corrected chi connectivity index (χ3v) is 11.2. The Morgan fingerprint density at radius 2 is 1.58 bits per heavy atom. The molecule has 12 atom stereocenters. The van der Waals surface area contributed by atoms with Crippen LogP contribution in [0.1, 0.15) is 91.9 Å². The molecule has 1 unspecified atom stereocenters. The van der Waals surface area contributed by atoms with Gasteiger partial charge in [-0.15, -0.1) is 0 Å². The SMILES string of the molecule is C[C@H](CO)CC[C@H](O)[C@@H](C)[C@H]1[C@@H](O)C[C@H]2[C@@H]3CCC4C[C@@H](O)CC[C@]4(C)[C@H]3CC[C@]12C. The van der Waals surface area contributed by atoms with Crippen molar-refractivity contribution < 1.29 is 20.4 Å². The first-order chi connectivity index (χ1) is 14.6. The van der Waals surface area contributed by atoms with E-state index < -0.39 is 6.10 Å². The van der Waals surface area contributed by atoms with Crippen LogP contribution in [0, 0.1) is 52.3 Å². The van der Waals surface area contributed by atoms with Gasteiger partial charge in [0.1, 0.15) is 0 Å². The second kappa shape index (κ2) is 8.89. The summed E-state index contributed by atoms with van der Waals surface area (Å²) in [6.07, 6.45) is 9.62. The highest BCUT2D eigenvalue weighted by Gasteiger charge is 2.63. The number of hydrogen-bond acceptors (Lipinski definition) is 4. The molecule has 4 heteroatoms. The van der Waals surface area contributed by atoms with Gasteiger partial charge in [-0.1, -0.05) is 27.7 Å². The highest BCUT2D eigenvalue weighted by Crippen LogP contribution is 2.68. The molecule has 4 fully saturated rings. The average molecular weight is 437 g/mol. The molecule has 0 radical (unpaired) electrons. The molecule has 4 nitrogen and oxygen atoms in total. The summed E-state index contributed by atoms with van der Waals surface area (Å²) in [6, 6.07) is 0. The van der Waals surface area contributed by atoms with E-state index in [-0.39, 0.29) is 42.0 Å². The zero-order chi connectivity index (χ0) is 22.6. The van der Waals surface area contributed by atoms with Gasteiger partial charge in [0, 0.05) is 6.61 Å². The minimum atomic E-state index is -0.407. The van der Waals surface area contributed by atoms with Gasteiger partial charge in [-0.2, -0.15) is 0 Å². The molecule has 4 N–H and O–H groups in total. The Kier molecular flexibility index (Phi) is 6.88. The Hall–Kier alpha value is -0.160. The number of rotatable bonds is 6. The second-order valence-corrected chi connectivity index (χ2v) is 12.8. The molecule has 0 aromatic carbocycles. The zero-order valence-corrected chi connectivity index (χ0v) is 20.3. The molecule has 4 saturated carbocycles. The van der Waals surface area contributed by atoms with Crippen molar-refractivity contribution >= 4 is 0 Å². The van der Waals surface area contributed by atoms with Crippen LogP contribution in [0.4, 0.5) is 0 Å². The van der Waals surface area contributed by atoms with E-state index in [1.807, 2.05) is 6.92 Å². The van der Waals surface area contributed by atoms with E-state index in [0.717, 1.165) is 44.4 Å². The Morgan fingerprint density at radius 1 is 0.871 bits per heavy atom. The molecule has 4 aliphatic rings. The fraction of sp³-hybridized carbons (Fsp3) is 1.00. The van der Waals surface area contributed by atoms with Crippen molar-refractivity contribution in [2.24, 2.45) is 52.3 Å². The van der Waals surface area contributed by atoms with Crippen molar-refractivity contribution in [1.29, 1.82) is 0 Å². The summed E-state index contributed by atoms with van der Waals surface area (Å²) in [5.74, 6) is 3.11. The highest BCUT2D eigenvalue weighted by molar-refractivity contribution is 5.12. The van der Waals surface area contributed by atoms with E-state index in [1.165, 1.54) is 19.3 Å². The van der Waals surface area contributed by atoms with E-state index in [4.69, 9.17) is 0 Å². The molecular formula is C27H48O4. The number of hydrogen-bond donors (Lipinski definition) is 4. The van der Waals surface area contributed by atoms with E-state index in [1.54, 1.807) is 0 Å². The van der Waals surface area contributed by atoms with Crippen LogP contribution in [0.2, 0.25) is 0 Å². The lowest BCUT2D eigenvalue weighted by atomic mass is 9.44. The Labute approximate surface area is 189 Å². The minimum absolute atomic E-state index is 0.0872. The van der Waals surface area contributed by atoms with Crippen molar-refractivity contribution in [2.75, 3.05) is 6.61 Å². The lowest BCUT2D eigenvalue weighted by molar-refractivity contribution is -0.133. The lowest BCUT2D eigenvalue weighted by Crippen LogP contribution is -2.54. The third-order valence-electron chi connectivity index (χ3n) is 11.2. The Bertz CT molecular complexity index is 624. The van der Waals surface area contributed by atoms with Crippen LogP contribution >= 0.6 is 0 Å². The summed E-state index contributed by atoms with van der Waals surface area (Å²) in [4.78, 5) is 0. The summed E-state index contributed by atoms with van der Waals surface area (Å²) in [5, 5.41) is 41.8. The maximum atomic E-state index is 11.3. The molecule has 0 saturated heterocycles. The molecule has 0 spiro atoms. The zero-order valence-electron chi connectivity index (χ0n) is 20.3. The molecular weight excluding hydrogens is 388 g/mol. The summed E-state index contributed by atoms with van der Waals surface area (Å²) in [6.45, 7) is 9.30. The van der Waals surface area contributed by atoms with Crippen LogP contribution in [-0.4, -0.2) is 45.3 Å². The normalized spacial score (nSPS) is 50.1. The monoisotopic (exact) mass is 436 g/mol. The van der Waals surface area contributed by atoms with Crippen molar-refractivity contribution in [3.8, 4) is 0 Å². The minimum Gasteiger partial charge on any atom is -0.396 e. The summed E-state index contributed by atoms with van der Waals surface area (Å²) in [7, 11) is 0. The first-order valence-electron chi connectivity index (χ1n) is 13.3. The highest BCUT2D eigenvalue weighted by atomic mass is 16.3. The predicted molar refractivity (Wildman–Crippen MR) is 123 cm³/mol. The van der Waals surface area contributed by atoms with Crippen LogP contribution in [-0.2, 0) is 0 Å². The van der Waals surface area contributed by atoms with Crippen LogP contribution in [0.3, 0.4) is 0 Å². The molecule has 0 amide bonds. The van der Waals surface area contributed by atoms with Crippen molar-refractivity contribution in [3.05, 3.63) is 0 Å². The van der Waals surface area contributed by atoms with Crippen LogP contribution in [0.5, 0.6) is 0 Å². The first-order valence-corrected chi connectivity index (χ1v) is 13.3. The van der Waals surface area contributed by atoms with Gasteiger partial charge < -0.3 is 20.4 Å². The maximum absolute atomic E-state index is 11.3. The molecule has 0 aliphatic heterocycles. The van der Waals surface area contributed by atoms with Crippen LogP contribution in [0.15, 0.2) is 0 Å². The van der Waals surface area contributed by atoms with Crippen molar-refractivity contribution in [2.45, 2.75) is 110 Å². The summed E-state index contributed by atoms with van der Waals surface area (Å²) < 4.78 is 0. The van der Waals surface area contributed by atoms with Crippen molar-refractivity contribution in [1.82, 2.24) is 0 Å². The summed E-state index contributed by atoms with van der Waals surface area (Å²) in [5.41, 5.74) is 0.471. The number of aliphatic hydroxyl groups excluding tert-OH is 4. The fourth-order valence-electron chi connectivity index (χ4n) is 9.29. The largest absolute Gasteiger partial charge is 0.396 e. The fourth-order valence-corrected chi connectivity index (χ4v) is 9.29. The average Bonchev–Trinajstić information content (AvgIpc) is 3.01. The standard InChI is InChI=1S/C27H48O4/c1-16(15-28)5-8-23(30)17(2)25-24(31)14-22-20-7-6-18-13-19(29)9-11-26(18,3)21(20)10-12-27(22,25)4/h16-25,28-31H,5-15H2,1-4H3/t16-,17+,18?,19-,20+,21-,22-,23-,24-,25-,26-,27-/m0/s1.